The molecule has 0 aliphatic heterocycles. The molecular weight excluding hydrogens is 370 g/mol. The van der Waals surface area contributed by atoms with Crippen LogP contribution in [0.5, 0.6) is 0 Å². The number of rotatable bonds is 3. The third kappa shape index (κ3) is 5.10. The van der Waals surface area contributed by atoms with Crippen LogP contribution in [-0.4, -0.2) is 35.0 Å². The van der Waals surface area contributed by atoms with Crippen molar-refractivity contribution >= 4 is 28.8 Å². The van der Waals surface area contributed by atoms with Gasteiger partial charge < -0.3 is 10.1 Å². The molecule has 0 unspecified atom stereocenters. The lowest BCUT2D eigenvalue weighted by atomic mass is 9.89. The fourth-order valence-electron chi connectivity index (χ4n) is 3.51. The van der Waals surface area contributed by atoms with E-state index >= 15 is 0 Å². The molecule has 3 amide bonds. The second-order valence-electron chi connectivity index (χ2n) is 8.47. The fraction of sp³-hybridized carbons (Fsp3) is 0.455. The van der Waals surface area contributed by atoms with Gasteiger partial charge in [0.15, 0.2) is 6.61 Å². The Morgan fingerprint density at radius 2 is 1.86 bits per heavy atom. The van der Waals surface area contributed by atoms with Gasteiger partial charge in [-0.2, -0.15) is 0 Å². The molecule has 0 atom stereocenters. The number of imide groups is 1. The summed E-state index contributed by atoms with van der Waals surface area (Å²) in [6, 6.07) is 5.16. The van der Waals surface area contributed by atoms with Gasteiger partial charge in [-0.15, -0.1) is 0 Å². The van der Waals surface area contributed by atoms with E-state index in [0.717, 1.165) is 53.4 Å². The predicted molar refractivity (Wildman–Crippen MR) is 110 cm³/mol. The second-order valence-corrected chi connectivity index (χ2v) is 8.47. The van der Waals surface area contributed by atoms with E-state index in [1.54, 1.807) is 20.8 Å². The highest BCUT2D eigenvalue weighted by molar-refractivity contribution is 6.06. The monoisotopic (exact) mass is 397 g/mol. The van der Waals surface area contributed by atoms with Gasteiger partial charge in [0, 0.05) is 16.6 Å². The summed E-state index contributed by atoms with van der Waals surface area (Å²) in [5, 5.41) is 5.53. The van der Waals surface area contributed by atoms with Crippen molar-refractivity contribution < 1.29 is 19.1 Å². The van der Waals surface area contributed by atoms with Crippen molar-refractivity contribution in [3.8, 4) is 0 Å². The summed E-state index contributed by atoms with van der Waals surface area (Å²) in [5.74, 6) is -1.24. The van der Waals surface area contributed by atoms with Crippen LogP contribution in [-0.2, 0) is 22.4 Å². The molecule has 7 nitrogen and oxygen atoms in total. The molecule has 2 aromatic rings. The number of urea groups is 1. The Hall–Kier alpha value is -2.96. The normalized spacial score (nSPS) is 13.5. The van der Waals surface area contributed by atoms with Gasteiger partial charge in [0.1, 0.15) is 0 Å². The maximum Gasteiger partial charge on any atom is 0.339 e. The molecule has 0 bridgehead atoms. The molecule has 2 N–H and O–H groups in total. The van der Waals surface area contributed by atoms with Gasteiger partial charge in [-0.1, -0.05) is 11.6 Å². The molecule has 7 heteroatoms. The number of amides is 3. The first-order chi connectivity index (χ1) is 13.6. The van der Waals surface area contributed by atoms with Crippen molar-refractivity contribution in [1.29, 1.82) is 0 Å². The molecule has 0 spiro atoms. The molecule has 0 radical (unpaired) electrons. The van der Waals surface area contributed by atoms with E-state index in [0.29, 0.717) is 5.56 Å². The Bertz CT molecular complexity index is 976. The van der Waals surface area contributed by atoms with Crippen LogP contribution in [0.3, 0.4) is 0 Å². The van der Waals surface area contributed by atoms with Crippen molar-refractivity contribution in [3.05, 3.63) is 40.6 Å². The van der Waals surface area contributed by atoms with Gasteiger partial charge in [0.05, 0.1) is 11.1 Å². The average molecular weight is 397 g/mol. The van der Waals surface area contributed by atoms with Crippen LogP contribution in [0.1, 0.15) is 60.8 Å². The molecule has 1 aliphatic carbocycles. The Morgan fingerprint density at radius 3 is 2.59 bits per heavy atom. The molecule has 0 saturated heterocycles. The first-order valence-electron chi connectivity index (χ1n) is 9.85. The number of carbonyl (C=O) groups excluding carboxylic acids is 3. The lowest BCUT2D eigenvalue weighted by molar-refractivity contribution is -0.123. The minimum atomic E-state index is -0.677. The van der Waals surface area contributed by atoms with Gasteiger partial charge in [0.25, 0.3) is 5.91 Å². The van der Waals surface area contributed by atoms with E-state index in [4.69, 9.17) is 9.72 Å². The quantitative estimate of drug-likeness (QED) is 0.775. The van der Waals surface area contributed by atoms with E-state index in [-0.39, 0.29) is 0 Å². The number of ether oxygens (including phenoxy) is 1. The Balaban J connectivity index is 1.79. The van der Waals surface area contributed by atoms with Crippen molar-refractivity contribution in [3.63, 3.8) is 0 Å². The van der Waals surface area contributed by atoms with Crippen LogP contribution < -0.4 is 10.6 Å². The molecule has 1 aliphatic rings. The lowest BCUT2D eigenvalue weighted by Crippen LogP contribution is -2.49. The third-order valence-corrected chi connectivity index (χ3v) is 4.70. The van der Waals surface area contributed by atoms with Gasteiger partial charge in [0.2, 0.25) is 0 Å². The second kappa shape index (κ2) is 8.19. The van der Waals surface area contributed by atoms with E-state index in [9.17, 15) is 14.4 Å². The first-order valence-corrected chi connectivity index (χ1v) is 9.85. The molecule has 29 heavy (non-hydrogen) atoms. The number of nitrogens with zero attached hydrogens (tertiary/aromatic N) is 1. The topological polar surface area (TPSA) is 97.4 Å². The number of hydrogen-bond donors (Lipinski definition) is 2. The average Bonchev–Trinajstić information content (AvgIpc) is 2.62. The highest BCUT2D eigenvalue weighted by Crippen LogP contribution is 2.30. The number of pyridine rings is 1. The number of hydrogen-bond acceptors (Lipinski definition) is 5. The third-order valence-electron chi connectivity index (χ3n) is 4.70. The van der Waals surface area contributed by atoms with Crippen molar-refractivity contribution in [1.82, 2.24) is 15.6 Å². The summed E-state index contributed by atoms with van der Waals surface area (Å²) in [5.41, 5.74) is 3.60. The molecule has 1 aromatic heterocycles. The maximum absolute atomic E-state index is 12.9. The van der Waals surface area contributed by atoms with Crippen molar-refractivity contribution in [2.45, 2.75) is 58.9 Å². The highest BCUT2D eigenvalue weighted by atomic mass is 16.5. The zero-order valence-corrected chi connectivity index (χ0v) is 17.3. The highest BCUT2D eigenvalue weighted by Gasteiger charge is 2.24. The van der Waals surface area contributed by atoms with E-state index < -0.39 is 30.1 Å². The van der Waals surface area contributed by atoms with Crippen LogP contribution in [0.25, 0.3) is 10.9 Å². The largest absolute Gasteiger partial charge is 0.452 e. The van der Waals surface area contributed by atoms with E-state index in [1.807, 2.05) is 25.1 Å². The maximum atomic E-state index is 12.9. The van der Waals surface area contributed by atoms with Crippen molar-refractivity contribution in [2.75, 3.05) is 6.61 Å². The van der Waals surface area contributed by atoms with Crippen LogP contribution in [0.15, 0.2) is 18.2 Å². The molecule has 3 rings (SSSR count). The summed E-state index contributed by atoms with van der Waals surface area (Å²) in [4.78, 5) is 41.5. The lowest BCUT2D eigenvalue weighted by Gasteiger charge is -2.21. The Labute approximate surface area is 170 Å². The van der Waals surface area contributed by atoms with Crippen molar-refractivity contribution in [2.24, 2.45) is 0 Å². The number of aromatic nitrogens is 1. The summed E-state index contributed by atoms with van der Waals surface area (Å²) >= 11 is 0. The summed E-state index contributed by atoms with van der Waals surface area (Å²) in [6.07, 6.45) is 3.61. The molecule has 154 valence electrons. The molecule has 1 aromatic carbocycles. The zero-order valence-electron chi connectivity index (χ0n) is 17.3. The van der Waals surface area contributed by atoms with Gasteiger partial charge >= 0.3 is 12.0 Å². The number of esters is 1. The SMILES string of the molecule is Cc1ccc2nc3c(c(C(=O)OCC(=O)NC(=O)NC(C)(C)C)c2c1)CCCC3. The Morgan fingerprint density at radius 1 is 1.14 bits per heavy atom. The van der Waals surface area contributed by atoms with Crippen LogP contribution in [0.4, 0.5) is 4.79 Å². The molecular formula is C22H27N3O4. The molecule has 0 fully saturated rings. The first kappa shape index (κ1) is 20.8. The smallest absolute Gasteiger partial charge is 0.339 e. The van der Waals surface area contributed by atoms with E-state index in [2.05, 4.69) is 10.6 Å². The standard InChI is InChI=1S/C22H27N3O4/c1-13-9-10-17-15(11-13)19(14-7-5-6-8-16(14)23-17)20(27)29-12-18(26)24-21(28)25-22(2,3)4/h9-11H,5-8,12H2,1-4H3,(H2,24,25,26,28). The van der Waals surface area contributed by atoms with Gasteiger partial charge in [-0.05, 0) is 71.1 Å². The zero-order chi connectivity index (χ0) is 21.2. The van der Waals surface area contributed by atoms with E-state index in [1.165, 1.54) is 0 Å². The minimum Gasteiger partial charge on any atom is -0.452 e. The number of carbonyl (C=O) groups is 3. The van der Waals surface area contributed by atoms with Gasteiger partial charge in [-0.3, -0.25) is 15.1 Å². The van der Waals surface area contributed by atoms with Crippen LogP contribution in [0, 0.1) is 6.92 Å². The molecule has 0 saturated carbocycles. The number of nitrogens with one attached hydrogen (secondary N) is 2. The summed E-state index contributed by atoms with van der Waals surface area (Å²) in [6.45, 7) is 6.83. The number of benzene rings is 1. The number of fused-ring (bicyclic) bond motifs is 2. The summed E-state index contributed by atoms with van der Waals surface area (Å²) in [7, 11) is 0. The van der Waals surface area contributed by atoms with Crippen LogP contribution in [0.2, 0.25) is 0 Å². The fourth-order valence-corrected chi connectivity index (χ4v) is 3.51. The summed E-state index contributed by atoms with van der Waals surface area (Å²) < 4.78 is 5.28. The van der Waals surface area contributed by atoms with Gasteiger partial charge in [-0.25, -0.2) is 9.59 Å². The predicted octanol–water partition coefficient (Wildman–Crippen LogP) is 3.20. The minimum absolute atomic E-state index is 0.478. The van der Waals surface area contributed by atoms with Crippen LogP contribution >= 0.6 is 0 Å². The molecule has 1 heterocycles. The number of aryl methyl sites for hydroxylation is 2. The Kier molecular flexibility index (Phi) is 5.86.